The second kappa shape index (κ2) is 8.20. The van der Waals surface area contributed by atoms with Gasteiger partial charge in [-0.1, -0.05) is 0 Å². The SMILES string of the molecule is COCCN(C)C(=O)C1CCc2c(sc3ncnc(Nc4cnc5[nH]ncc5c4)c23)C1. The Labute approximate surface area is 182 Å². The first-order valence-corrected chi connectivity index (χ1v) is 11.0. The van der Waals surface area contributed by atoms with E-state index in [9.17, 15) is 4.79 Å². The molecule has 0 radical (unpaired) electrons. The predicted octanol–water partition coefficient (Wildman–Crippen LogP) is 2.92. The molecule has 0 spiro atoms. The molecule has 0 aliphatic heterocycles. The van der Waals surface area contributed by atoms with Crippen molar-refractivity contribution < 1.29 is 9.53 Å². The Bertz CT molecular complexity index is 1250. The van der Waals surface area contributed by atoms with Crippen LogP contribution >= 0.6 is 11.3 Å². The van der Waals surface area contributed by atoms with Gasteiger partial charge in [-0.3, -0.25) is 9.89 Å². The van der Waals surface area contributed by atoms with E-state index in [1.807, 2.05) is 13.1 Å². The maximum absolute atomic E-state index is 12.8. The Balaban J connectivity index is 1.42. The van der Waals surface area contributed by atoms with E-state index in [4.69, 9.17) is 4.74 Å². The lowest BCUT2D eigenvalue weighted by molar-refractivity contribution is -0.135. The van der Waals surface area contributed by atoms with Crippen molar-refractivity contribution in [1.29, 1.82) is 0 Å². The molecule has 5 rings (SSSR count). The van der Waals surface area contributed by atoms with Crippen LogP contribution in [0.5, 0.6) is 0 Å². The molecule has 0 bridgehead atoms. The summed E-state index contributed by atoms with van der Waals surface area (Å²) in [5.74, 6) is 0.956. The fourth-order valence-electron chi connectivity index (χ4n) is 4.11. The molecule has 0 saturated heterocycles. The van der Waals surface area contributed by atoms with Crippen molar-refractivity contribution in [2.75, 3.05) is 32.6 Å². The Morgan fingerprint density at radius 1 is 1.35 bits per heavy atom. The summed E-state index contributed by atoms with van der Waals surface area (Å²) in [5.41, 5.74) is 2.85. The monoisotopic (exact) mass is 437 g/mol. The van der Waals surface area contributed by atoms with Gasteiger partial charge < -0.3 is 15.0 Å². The summed E-state index contributed by atoms with van der Waals surface area (Å²) < 4.78 is 5.10. The lowest BCUT2D eigenvalue weighted by atomic mass is 9.87. The quantitative estimate of drug-likeness (QED) is 0.477. The summed E-state index contributed by atoms with van der Waals surface area (Å²) in [6.07, 6.45) is 7.50. The number of nitrogens with one attached hydrogen (secondary N) is 2. The highest BCUT2D eigenvalue weighted by atomic mass is 32.1. The first kappa shape index (κ1) is 19.8. The second-order valence-corrected chi connectivity index (χ2v) is 8.84. The highest BCUT2D eigenvalue weighted by molar-refractivity contribution is 7.19. The molecule has 4 aromatic heterocycles. The van der Waals surface area contributed by atoms with Crippen molar-refractivity contribution in [3.05, 3.63) is 35.2 Å². The summed E-state index contributed by atoms with van der Waals surface area (Å²) in [5, 5.41) is 12.3. The van der Waals surface area contributed by atoms with Gasteiger partial charge in [-0.25, -0.2) is 15.0 Å². The zero-order valence-electron chi connectivity index (χ0n) is 17.4. The molecule has 10 heteroatoms. The van der Waals surface area contributed by atoms with E-state index in [2.05, 4.69) is 30.5 Å². The molecule has 4 aromatic rings. The van der Waals surface area contributed by atoms with Gasteiger partial charge in [0.2, 0.25) is 5.91 Å². The number of rotatable bonds is 6. The van der Waals surface area contributed by atoms with Crippen molar-refractivity contribution in [3.63, 3.8) is 0 Å². The summed E-state index contributed by atoms with van der Waals surface area (Å²) in [6.45, 7) is 1.16. The molecule has 1 aliphatic carbocycles. The fourth-order valence-corrected chi connectivity index (χ4v) is 5.37. The van der Waals surface area contributed by atoms with Crippen LogP contribution in [0, 0.1) is 5.92 Å². The average molecular weight is 438 g/mol. The minimum atomic E-state index is -0.000477. The smallest absolute Gasteiger partial charge is 0.225 e. The van der Waals surface area contributed by atoms with Gasteiger partial charge in [0.15, 0.2) is 5.65 Å². The van der Waals surface area contributed by atoms with Crippen LogP contribution in [0.4, 0.5) is 11.5 Å². The molecule has 0 saturated carbocycles. The Hall–Kier alpha value is -3.11. The second-order valence-electron chi connectivity index (χ2n) is 7.76. The lowest BCUT2D eigenvalue weighted by Gasteiger charge is -2.26. The number of amides is 1. The zero-order valence-corrected chi connectivity index (χ0v) is 18.2. The Morgan fingerprint density at radius 3 is 3.13 bits per heavy atom. The van der Waals surface area contributed by atoms with Gasteiger partial charge >= 0.3 is 0 Å². The standard InChI is InChI=1S/C21H23N7O2S/c1-28(5-6-30-2)21(29)12-3-4-15-16(8-12)31-20-17(15)19(23-11-24-20)26-14-7-13-9-25-27-18(13)22-10-14/h7,9-12H,3-6,8H2,1-2H3,(H,22,25,27)(H,23,24,26). The van der Waals surface area contributed by atoms with Gasteiger partial charge in [0.1, 0.15) is 17.0 Å². The minimum Gasteiger partial charge on any atom is -0.383 e. The molecule has 4 heterocycles. The molecule has 2 N–H and O–H groups in total. The van der Waals surface area contributed by atoms with Crippen LogP contribution in [0.2, 0.25) is 0 Å². The van der Waals surface area contributed by atoms with Crippen LogP contribution in [0.3, 0.4) is 0 Å². The highest BCUT2D eigenvalue weighted by Gasteiger charge is 2.30. The molecule has 0 fully saturated rings. The number of hydrogen-bond acceptors (Lipinski definition) is 8. The number of methoxy groups -OCH3 is 1. The van der Waals surface area contributed by atoms with E-state index in [0.717, 1.165) is 52.0 Å². The van der Waals surface area contributed by atoms with Crippen molar-refractivity contribution in [2.45, 2.75) is 19.3 Å². The molecule has 31 heavy (non-hydrogen) atoms. The van der Waals surface area contributed by atoms with Gasteiger partial charge in [-0.2, -0.15) is 5.10 Å². The van der Waals surface area contributed by atoms with Crippen molar-refractivity contribution in [2.24, 2.45) is 5.92 Å². The third-order valence-electron chi connectivity index (χ3n) is 5.76. The number of aryl methyl sites for hydroxylation is 1. The zero-order chi connectivity index (χ0) is 21.4. The number of thiophene rings is 1. The maximum Gasteiger partial charge on any atom is 0.225 e. The number of nitrogens with zero attached hydrogens (tertiary/aromatic N) is 5. The summed E-state index contributed by atoms with van der Waals surface area (Å²) >= 11 is 1.66. The first-order valence-electron chi connectivity index (χ1n) is 10.2. The molecule has 160 valence electrons. The van der Waals surface area contributed by atoms with Crippen molar-refractivity contribution in [3.8, 4) is 0 Å². The van der Waals surface area contributed by atoms with E-state index in [0.29, 0.717) is 13.2 Å². The number of carbonyl (C=O) groups is 1. The Kier molecular flexibility index (Phi) is 5.24. The van der Waals surface area contributed by atoms with E-state index < -0.39 is 0 Å². The predicted molar refractivity (Wildman–Crippen MR) is 120 cm³/mol. The summed E-state index contributed by atoms with van der Waals surface area (Å²) in [7, 11) is 3.50. The van der Waals surface area contributed by atoms with Crippen LogP contribution in [-0.2, 0) is 22.4 Å². The van der Waals surface area contributed by atoms with Gasteiger partial charge in [0.25, 0.3) is 0 Å². The van der Waals surface area contributed by atoms with Crippen LogP contribution in [0.1, 0.15) is 16.9 Å². The topological polar surface area (TPSA) is 109 Å². The van der Waals surface area contributed by atoms with Crippen LogP contribution in [-0.4, -0.2) is 63.3 Å². The van der Waals surface area contributed by atoms with Crippen LogP contribution in [0.25, 0.3) is 21.3 Å². The third-order valence-corrected chi connectivity index (χ3v) is 6.92. The van der Waals surface area contributed by atoms with Crippen LogP contribution < -0.4 is 5.32 Å². The normalized spacial score (nSPS) is 15.9. The molecule has 1 unspecified atom stereocenters. The summed E-state index contributed by atoms with van der Waals surface area (Å²) in [6, 6.07) is 1.99. The number of ether oxygens (including phenoxy) is 1. The van der Waals surface area contributed by atoms with Gasteiger partial charge in [-0.05, 0) is 30.9 Å². The summed E-state index contributed by atoms with van der Waals surface area (Å²) in [4.78, 5) is 30.2. The molecule has 1 amide bonds. The number of likely N-dealkylation sites (N-methyl/N-ethyl adjacent to an activating group) is 1. The number of pyridine rings is 1. The molecule has 1 atom stereocenters. The average Bonchev–Trinajstić information content (AvgIpc) is 3.40. The maximum atomic E-state index is 12.8. The number of anilines is 2. The molecular weight excluding hydrogens is 414 g/mol. The number of fused-ring (bicyclic) bond motifs is 4. The van der Waals surface area contributed by atoms with E-state index >= 15 is 0 Å². The molecule has 0 aromatic carbocycles. The number of aromatic nitrogens is 5. The third kappa shape index (κ3) is 3.72. The highest BCUT2D eigenvalue weighted by Crippen LogP contribution is 2.40. The van der Waals surface area contributed by atoms with E-state index in [1.54, 1.807) is 42.1 Å². The number of H-pyrrole nitrogens is 1. The Morgan fingerprint density at radius 2 is 2.26 bits per heavy atom. The van der Waals surface area contributed by atoms with Crippen LogP contribution in [0.15, 0.2) is 24.8 Å². The number of aromatic amines is 1. The van der Waals surface area contributed by atoms with Gasteiger partial charge in [0, 0.05) is 36.9 Å². The fraction of sp³-hybridized carbons (Fsp3) is 0.381. The minimum absolute atomic E-state index is 0.000477. The van der Waals surface area contributed by atoms with Gasteiger partial charge in [-0.15, -0.1) is 11.3 Å². The van der Waals surface area contributed by atoms with E-state index in [1.165, 1.54) is 10.4 Å². The molecule has 1 aliphatic rings. The lowest BCUT2D eigenvalue weighted by Crippen LogP contribution is -2.37. The molecule has 9 nitrogen and oxygen atoms in total. The van der Waals surface area contributed by atoms with Crippen molar-refractivity contribution >= 4 is 50.0 Å². The molecular formula is C21H23N7O2S. The number of carbonyl (C=O) groups excluding carboxylic acids is 1. The van der Waals surface area contributed by atoms with Crippen molar-refractivity contribution in [1.82, 2.24) is 30.0 Å². The largest absolute Gasteiger partial charge is 0.383 e. The first-order chi connectivity index (χ1) is 15.1. The number of hydrogen-bond donors (Lipinski definition) is 2. The van der Waals surface area contributed by atoms with Gasteiger partial charge in [0.05, 0.1) is 30.1 Å². The van der Waals surface area contributed by atoms with E-state index in [-0.39, 0.29) is 11.8 Å².